The molecule has 2 nitrogen and oxygen atoms in total. The Kier molecular flexibility index (Phi) is 4.74. The predicted octanol–water partition coefficient (Wildman–Crippen LogP) is 4.54. The molecule has 0 aliphatic rings. The van der Waals surface area contributed by atoms with E-state index in [1.54, 1.807) is 36.4 Å². The Balaban J connectivity index is 2.25. The molecule has 0 saturated heterocycles. The normalized spacial score (nSPS) is 12.4. The summed E-state index contributed by atoms with van der Waals surface area (Å²) in [6, 6.07) is 10.0. The van der Waals surface area contributed by atoms with Crippen molar-refractivity contribution < 1.29 is 4.21 Å². The quantitative estimate of drug-likeness (QED) is 0.838. The summed E-state index contributed by atoms with van der Waals surface area (Å²) in [5, 5.41) is 1.49. The van der Waals surface area contributed by atoms with Gasteiger partial charge in [0.1, 0.15) is 0 Å². The fourth-order valence-electron chi connectivity index (χ4n) is 1.53. The first kappa shape index (κ1) is 14.7. The van der Waals surface area contributed by atoms with Crippen LogP contribution in [0.1, 0.15) is 5.56 Å². The van der Waals surface area contributed by atoms with Crippen LogP contribution in [0.5, 0.6) is 0 Å². The van der Waals surface area contributed by atoms with E-state index in [1.807, 2.05) is 0 Å². The van der Waals surface area contributed by atoms with Crippen molar-refractivity contribution in [3.63, 3.8) is 0 Å². The molecule has 6 heteroatoms. The van der Waals surface area contributed by atoms with Crippen LogP contribution in [-0.4, -0.2) is 4.21 Å². The summed E-state index contributed by atoms with van der Waals surface area (Å²) in [7, 11) is -1.25. The number of hydrogen-bond acceptors (Lipinski definition) is 2. The molecule has 2 rings (SSSR count). The second-order valence-electron chi connectivity index (χ2n) is 3.91. The highest BCUT2D eigenvalue weighted by Gasteiger charge is 2.10. The minimum Gasteiger partial charge on any atom is -0.398 e. The molecular weight excluding hydrogens is 325 g/mol. The van der Waals surface area contributed by atoms with Crippen molar-refractivity contribution >= 4 is 51.3 Å². The van der Waals surface area contributed by atoms with Crippen molar-refractivity contribution in [2.24, 2.45) is 0 Å². The highest BCUT2D eigenvalue weighted by atomic mass is 35.5. The molecule has 19 heavy (non-hydrogen) atoms. The predicted molar refractivity (Wildman–Crippen MR) is 82.4 cm³/mol. The molecule has 1 atom stereocenters. The van der Waals surface area contributed by atoms with Gasteiger partial charge in [0.25, 0.3) is 0 Å². The van der Waals surface area contributed by atoms with Gasteiger partial charge in [-0.3, -0.25) is 4.21 Å². The molecule has 0 aliphatic carbocycles. The number of rotatable bonds is 3. The molecule has 0 bridgehead atoms. The summed E-state index contributed by atoms with van der Waals surface area (Å²) < 4.78 is 12.3. The molecule has 0 aromatic heterocycles. The molecule has 0 fully saturated rings. The van der Waals surface area contributed by atoms with E-state index in [-0.39, 0.29) is 5.75 Å². The molecule has 2 N–H and O–H groups in total. The van der Waals surface area contributed by atoms with Crippen LogP contribution in [0, 0.1) is 0 Å². The molecule has 0 aliphatic heterocycles. The van der Waals surface area contributed by atoms with Crippen LogP contribution in [0.4, 0.5) is 5.69 Å². The van der Waals surface area contributed by atoms with E-state index in [9.17, 15) is 4.21 Å². The summed E-state index contributed by atoms with van der Waals surface area (Å²) in [4.78, 5) is 0.607. The Morgan fingerprint density at radius 3 is 2.42 bits per heavy atom. The maximum absolute atomic E-state index is 12.3. The average molecular weight is 335 g/mol. The molecule has 2 aromatic carbocycles. The lowest BCUT2D eigenvalue weighted by molar-refractivity contribution is 0.682. The summed E-state index contributed by atoms with van der Waals surface area (Å²) in [6.45, 7) is 0. The number of anilines is 1. The van der Waals surface area contributed by atoms with Gasteiger partial charge in [-0.25, -0.2) is 0 Å². The molecule has 0 spiro atoms. The topological polar surface area (TPSA) is 43.1 Å². The first-order chi connectivity index (χ1) is 8.97. The SMILES string of the molecule is Nc1ccc(S(=O)Cc2cc(Cl)ccc2Cl)cc1Cl. The summed E-state index contributed by atoms with van der Waals surface area (Å²) in [5.74, 6) is 0.277. The minimum absolute atomic E-state index is 0.277. The number of hydrogen-bond donors (Lipinski definition) is 1. The van der Waals surface area contributed by atoms with Crippen molar-refractivity contribution in [1.82, 2.24) is 0 Å². The van der Waals surface area contributed by atoms with E-state index in [1.165, 1.54) is 0 Å². The smallest absolute Gasteiger partial charge is 0.0647 e. The molecule has 2 aromatic rings. The highest BCUT2D eigenvalue weighted by molar-refractivity contribution is 7.84. The Hall–Kier alpha value is -0.740. The van der Waals surface area contributed by atoms with Gasteiger partial charge in [-0.1, -0.05) is 34.8 Å². The largest absolute Gasteiger partial charge is 0.398 e. The van der Waals surface area contributed by atoms with Gasteiger partial charge in [0.2, 0.25) is 0 Å². The Morgan fingerprint density at radius 2 is 1.74 bits per heavy atom. The Morgan fingerprint density at radius 1 is 1.00 bits per heavy atom. The number of benzene rings is 2. The van der Waals surface area contributed by atoms with Gasteiger partial charge >= 0.3 is 0 Å². The van der Waals surface area contributed by atoms with E-state index >= 15 is 0 Å². The zero-order valence-corrected chi connectivity index (χ0v) is 12.8. The van der Waals surface area contributed by atoms with Gasteiger partial charge < -0.3 is 5.73 Å². The van der Waals surface area contributed by atoms with Crippen LogP contribution in [0.3, 0.4) is 0 Å². The molecule has 100 valence electrons. The third kappa shape index (κ3) is 3.63. The van der Waals surface area contributed by atoms with Crippen molar-refractivity contribution in [2.75, 3.05) is 5.73 Å². The molecule has 1 unspecified atom stereocenters. The van der Waals surface area contributed by atoms with Crippen LogP contribution in [-0.2, 0) is 16.6 Å². The van der Waals surface area contributed by atoms with E-state index in [4.69, 9.17) is 40.5 Å². The van der Waals surface area contributed by atoms with Gasteiger partial charge in [0.05, 0.1) is 27.3 Å². The lowest BCUT2D eigenvalue weighted by Gasteiger charge is -2.07. The molecule has 0 radical (unpaired) electrons. The maximum Gasteiger partial charge on any atom is 0.0647 e. The molecule has 0 heterocycles. The van der Waals surface area contributed by atoms with Crippen LogP contribution < -0.4 is 5.73 Å². The average Bonchev–Trinajstić information content (AvgIpc) is 2.37. The zero-order valence-electron chi connectivity index (χ0n) is 9.70. The Labute approximate surface area is 128 Å². The van der Waals surface area contributed by atoms with Crippen molar-refractivity contribution in [2.45, 2.75) is 10.6 Å². The van der Waals surface area contributed by atoms with E-state index in [0.29, 0.717) is 25.7 Å². The van der Waals surface area contributed by atoms with Crippen LogP contribution >= 0.6 is 34.8 Å². The number of nitrogen functional groups attached to an aromatic ring is 1. The first-order valence-electron chi connectivity index (χ1n) is 5.34. The van der Waals surface area contributed by atoms with Crippen molar-refractivity contribution in [3.8, 4) is 0 Å². The molecular formula is C13H10Cl3NOS. The first-order valence-corrected chi connectivity index (χ1v) is 7.80. The molecule has 0 saturated carbocycles. The van der Waals surface area contributed by atoms with E-state index in [0.717, 1.165) is 5.56 Å². The van der Waals surface area contributed by atoms with Gasteiger partial charge in [-0.05, 0) is 42.0 Å². The third-order valence-electron chi connectivity index (χ3n) is 2.53. The summed E-state index contributed by atoms with van der Waals surface area (Å²) >= 11 is 17.9. The lowest BCUT2D eigenvalue weighted by Crippen LogP contribution is -1.98. The van der Waals surface area contributed by atoms with Gasteiger partial charge in [0.15, 0.2) is 0 Å². The van der Waals surface area contributed by atoms with E-state index in [2.05, 4.69) is 0 Å². The second kappa shape index (κ2) is 6.14. The van der Waals surface area contributed by atoms with Crippen LogP contribution in [0.25, 0.3) is 0 Å². The monoisotopic (exact) mass is 333 g/mol. The third-order valence-corrected chi connectivity index (χ3v) is 4.81. The highest BCUT2D eigenvalue weighted by Crippen LogP contribution is 2.26. The van der Waals surface area contributed by atoms with Crippen molar-refractivity contribution in [1.29, 1.82) is 0 Å². The van der Waals surface area contributed by atoms with Crippen LogP contribution in [0.2, 0.25) is 15.1 Å². The number of nitrogens with two attached hydrogens (primary N) is 1. The van der Waals surface area contributed by atoms with E-state index < -0.39 is 10.8 Å². The zero-order chi connectivity index (χ0) is 14.0. The van der Waals surface area contributed by atoms with Gasteiger partial charge in [-0.15, -0.1) is 0 Å². The summed E-state index contributed by atoms with van der Waals surface area (Å²) in [6.07, 6.45) is 0. The number of halogens is 3. The lowest BCUT2D eigenvalue weighted by atomic mass is 10.2. The fraction of sp³-hybridized carbons (Fsp3) is 0.0769. The molecule has 0 amide bonds. The minimum atomic E-state index is -1.25. The Bertz CT molecular complexity index is 646. The standard InChI is InChI=1S/C13H10Cl3NOS/c14-9-1-3-11(15)8(5-9)7-19(18)10-2-4-13(17)12(16)6-10/h1-6H,7,17H2. The van der Waals surface area contributed by atoms with Gasteiger partial charge in [-0.2, -0.15) is 0 Å². The van der Waals surface area contributed by atoms with Crippen molar-refractivity contribution in [3.05, 3.63) is 57.0 Å². The second-order valence-corrected chi connectivity index (χ2v) is 6.61. The summed E-state index contributed by atoms with van der Waals surface area (Å²) in [5.41, 5.74) is 6.81. The van der Waals surface area contributed by atoms with Gasteiger partial charge in [0, 0.05) is 14.9 Å². The fourth-order valence-corrected chi connectivity index (χ4v) is 3.39. The van der Waals surface area contributed by atoms with Crippen LogP contribution in [0.15, 0.2) is 41.3 Å². The maximum atomic E-state index is 12.3.